The van der Waals surface area contributed by atoms with Crippen molar-refractivity contribution >= 4 is 33.4 Å². The van der Waals surface area contributed by atoms with Gasteiger partial charge in [0.25, 0.3) is 0 Å². The van der Waals surface area contributed by atoms with Crippen LogP contribution in [-0.2, 0) is 15.8 Å². The fourth-order valence-corrected chi connectivity index (χ4v) is 3.56. The van der Waals surface area contributed by atoms with Gasteiger partial charge in [-0.2, -0.15) is 0 Å². The molecule has 0 bridgehead atoms. The summed E-state index contributed by atoms with van der Waals surface area (Å²) in [5, 5.41) is 0. The van der Waals surface area contributed by atoms with Crippen LogP contribution in [0.1, 0.15) is 5.56 Å². The van der Waals surface area contributed by atoms with Crippen molar-refractivity contribution in [3.8, 4) is 0 Å². The van der Waals surface area contributed by atoms with E-state index in [0.717, 1.165) is 5.56 Å². The quantitative estimate of drug-likeness (QED) is 0.755. The van der Waals surface area contributed by atoms with E-state index in [-0.39, 0.29) is 5.75 Å². The third-order valence-corrected chi connectivity index (χ3v) is 4.68. The number of nitrogens with zero attached hydrogens (tertiary/aromatic N) is 2. The molecule has 5 nitrogen and oxygen atoms in total. The third kappa shape index (κ3) is 2.37. The van der Waals surface area contributed by atoms with Crippen LogP contribution in [-0.4, -0.2) is 22.4 Å². The molecule has 102 valence electrons. The average Bonchev–Trinajstić information content (AvgIpc) is 2.83. The molecule has 0 aliphatic heterocycles. The zero-order chi connectivity index (χ0) is 14.2. The van der Waals surface area contributed by atoms with Gasteiger partial charge in [0.2, 0.25) is 10.0 Å². The molecule has 0 amide bonds. The molecule has 0 radical (unpaired) electrons. The normalized spacial score (nSPS) is 11.8. The molecule has 0 saturated carbocycles. The van der Waals surface area contributed by atoms with E-state index in [2.05, 4.69) is 9.97 Å². The Morgan fingerprint density at radius 3 is 2.70 bits per heavy atom. The molecule has 20 heavy (non-hydrogen) atoms. The van der Waals surface area contributed by atoms with E-state index in [4.69, 9.17) is 12.2 Å². The molecule has 2 heterocycles. The second-order valence-corrected chi connectivity index (χ2v) is 6.62. The van der Waals surface area contributed by atoms with Crippen LogP contribution in [0.3, 0.4) is 0 Å². The van der Waals surface area contributed by atoms with Crippen LogP contribution >= 0.6 is 12.2 Å². The number of hydrogen-bond donors (Lipinski definition) is 1. The number of H-pyrrole nitrogens is 1. The van der Waals surface area contributed by atoms with Gasteiger partial charge in [0.1, 0.15) is 4.64 Å². The molecule has 0 spiro atoms. The van der Waals surface area contributed by atoms with E-state index in [9.17, 15) is 8.42 Å². The lowest BCUT2D eigenvalue weighted by Crippen LogP contribution is -2.14. The predicted octanol–water partition coefficient (Wildman–Crippen LogP) is 2.47. The minimum atomic E-state index is -3.51. The second kappa shape index (κ2) is 4.84. The Balaban J connectivity index is 2.08. The Morgan fingerprint density at radius 1 is 1.20 bits per heavy atom. The first-order valence-corrected chi connectivity index (χ1v) is 7.91. The summed E-state index contributed by atoms with van der Waals surface area (Å²) < 4.78 is 26.5. The Kier molecular flexibility index (Phi) is 3.15. The lowest BCUT2D eigenvalue weighted by Gasteiger charge is -2.06. The predicted molar refractivity (Wildman–Crippen MR) is 79.4 cm³/mol. The minimum Gasteiger partial charge on any atom is -0.342 e. The maximum Gasteiger partial charge on any atom is 0.244 e. The minimum absolute atomic E-state index is 0.0745. The number of nitrogens with one attached hydrogen (secondary N) is 1. The highest BCUT2D eigenvalue weighted by atomic mass is 32.2. The van der Waals surface area contributed by atoms with Crippen LogP contribution in [0.4, 0.5) is 0 Å². The molecule has 0 aliphatic carbocycles. The van der Waals surface area contributed by atoms with E-state index < -0.39 is 10.0 Å². The number of hydrogen-bond acceptors (Lipinski definition) is 4. The zero-order valence-electron chi connectivity index (χ0n) is 10.4. The van der Waals surface area contributed by atoms with Gasteiger partial charge in [-0.05, 0) is 11.6 Å². The summed E-state index contributed by atoms with van der Waals surface area (Å²) >= 11 is 4.97. The van der Waals surface area contributed by atoms with Gasteiger partial charge in [-0.3, -0.25) is 0 Å². The van der Waals surface area contributed by atoms with Crippen LogP contribution in [0.5, 0.6) is 0 Å². The molecule has 0 fully saturated rings. The van der Waals surface area contributed by atoms with Crippen LogP contribution in [0.15, 0.2) is 48.8 Å². The summed E-state index contributed by atoms with van der Waals surface area (Å²) in [5.41, 5.74) is 1.70. The SMILES string of the molecule is O=S(=O)(Cc1ccccc1)n1ccc2[nH]c(=S)cnc21. The Bertz CT molecular complexity index is 911. The number of fused-ring (bicyclic) bond motifs is 1. The topological polar surface area (TPSA) is 67.8 Å². The molecular formula is C13H11N3O2S2. The number of aromatic amines is 1. The Morgan fingerprint density at radius 2 is 1.95 bits per heavy atom. The van der Waals surface area contributed by atoms with Crippen molar-refractivity contribution in [1.82, 2.24) is 13.9 Å². The van der Waals surface area contributed by atoms with E-state index in [1.165, 1.54) is 16.4 Å². The van der Waals surface area contributed by atoms with Crippen molar-refractivity contribution in [1.29, 1.82) is 0 Å². The average molecular weight is 305 g/mol. The van der Waals surface area contributed by atoms with Gasteiger partial charge in [0.05, 0.1) is 17.5 Å². The molecular weight excluding hydrogens is 294 g/mol. The Hall–Kier alpha value is -1.99. The molecule has 2 aromatic heterocycles. The van der Waals surface area contributed by atoms with Crippen molar-refractivity contribution in [3.05, 3.63) is 59.0 Å². The molecule has 3 rings (SSSR count). The molecule has 0 saturated heterocycles. The smallest absolute Gasteiger partial charge is 0.244 e. The molecule has 7 heteroatoms. The highest BCUT2D eigenvalue weighted by molar-refractivity contribution is 7.89. The van der Waals surface area contributed by atoms with Crippen molar-refractivity contribution < 1.29 is 8.42 Å². The van der Waals surface area contributed by atoms with Crippen LogP contribution in [0.2, 0.25) is 0 Å². The number of rotatable bonds is 3. The zero-order valence-corrected chi connectivity index (χ0v) is 12.0. The van der Waals surface area contributed by atoms with Crippen molar-refractivity contribution in [2.75, 3.05) is 0 Å². The van der Waals surface area contributed by atoms with Gasteiger partial charge in [0, 0.05) is 6.20 Å². The van der Waals surface area contributed by atoms with Crippen LogP contribution in [0.25, 0.3) is 11.2 Å². The summed E-state index contributed by atoms with van der Waals surface area (Å²) in [6, 6.07) is 10.7. The highest BCUT2D eigenvalue weighted by Gasteiger charge is 2.17. The van der Waals surface area contributed by atoms with Gasteiger partial charge >= 0.3 is 0 Å². The highest BCUT2D eigenvalue weighted by Crippen LogP contribution is 2.16. The van der Waals surface area contributed by atoms with Crippen LogP contribution in [0, 0.1) is 4.64 Å². The van der Waals surface area contributed by atoms with E-state index in [0.29, 0.717) is 15.8 Å². The first-order chi connectivity index (χ1) is 9.56. The van der Waals surface area contributed by atoms with Crippen molar-refractivity contribution in [3.63, 3.8) is 0 Å². The van der Waals surface area contributed by atoms with Gasteiger partial charge in [0.15, 0.2) is 5.65 Å². The van der Waals surface area contributed by atoms with Gasteiger partial charge in [-0.25, -0.2) is 17.4 Å². The van der Waals surface area contributed by atoms with Crippen molar-refractivity contribution in [2.24, 2.45) is 0 Å². The van der Waals surface area contributed by atoms with Gasteiger partial charge in [-0.1, -0.05) is 42.5 Å². The first kappa shape index (κ1) is 13.0. The standard InChI is InChI=1S/C13H11N3O2S2/c17-20(18,9-10-4-2-1-3-5-10)16-7-6-11-13(16)14-8-12(19)15-11/h1-8H,9H2,(H,15,19). The van der Waals surface area contributed by atoms with Crippen LogP contribution < -0.4 is 0 Å². The Labute approximate surface area is 121 Å². The molecule has 1 N–H and O–H groups in total. The molecule has 0 atom stereocenters. The van der Waals surface area contributed by atoms with Gasteiger partial charge in [-0.15, -0.1) is 0 Å². The lowest BCUT2D eigenvalue weighted by molar-refractivity contribution is 0.588. The molecule has 1 aromatic carbocycles. The fourth-order valence-electron chi connectivity index (χ4n) is 1.99. The van der Waals surface area contributed by atoms with Gasteiger partial charge < -0.3 is 4.98 Å². The summed E-state index contributed by atoms with van der Waals surface area (Å²) in [4.78, 5) is 7.01. The van der Waals surface area contributed by atoms with Crippen molar-refractivity contribution in [2.45, 2.75) is 5.75 Å². The van der Waals surface area contributed by atoms with E-state index >= 15 is 0 Å². The number of aromatic nitrogens is 3. The lowest BCUT2D eigenvalue weighted by atomic mass is 10.2. The second-order valence-electron chi connectivity index (χ2n) is 4.34. The van der Waals surface area contributed by atoms with E-state index in [1.807, 2.05) is 18.2 Å². The maximum absolute atomic E-state index is 12.4. The number of benzene rings is 1. The van der Waals surface area contributed by atoms with E-state index in [1.54, 1.807) is 18.2 Å². The summed E-state index contributed by atoms with van der Waals surface area (Å²) in [5.74, 6) is -0.0745. The molecule has 0 unspecified atom stereocenters. The largest absolute Gasteiger partial charge is 0.342 e. The summed E-state index contributed by atoms with van der Waals surface area (Å²) in [6.45, 7) is 0. The first-order valence-electron chi connectivity index (χ1n) is 5.90. The molecule has 0 aliphatic rings. The molecule has 3 aromatic rings. The maximum atomic E-state index is 12.4. The summed E-state index contributed by atoms with van der Waals surface area (Å²) in [7, 11) is -3.51. The third-order valence-electron chi connectivity index (χ3n) is 2.88. The monoisotopic (exact) mass is 305 g/mol. The summed E-state index contributed by atoms with van der Waals surface area (Å²) in [6.07, 6.45) is 2.92. The fraction of sp³-hybridized carbons (Fsp3) is 0.0769.